The van der Waals surface area contributed by atoms with E-state index < -0.39 is 0 Å². The highest BCUT2D eigenvalue weighted by Crippen LogP contribution is 2.24. The normalized spacial score (nSPS) is 14.8. The Bertz CT molecular complexity index is 187. The van der Waals surface area contributed by atoms with E-state index in [9.17, 15) is 0 Å². The monoisotopic (exact) mass is 274 g/mol. The molecule has 4 nitrogen and oxygen atoms in total. The van der Waals surface area contributed by atoms with E-state index in [2.05, 4.69) is 18.7 Å². The molecule has 116 valence electrons. The van der Waals surface area contributed by atoms with Crippen molar-refractivity contribution in [2.75, 3.05) is 46.1 Å². The first kappa shape index (κ1) is 18.8. The molecule has 0 spiro atoms. The Balaban J connectivity index is 4.61. The second kappa shape index (κ2) is 11.6. The Morgan fingerprint density at radius 3 is 1.79 bits per heavy atom. The van der Waals surface area contributed by atoms with Crippen molar-refractivity contribution in [1.29, 1.82) is 0 Å². The molecule has 0 saturated heterocycles. The largest absolute Gasteiger partial charge is 0.380 e. The molecular formula is C15H34N2O2. The topological polar surface area (TPSA) is 47.7 Å². The number of rotatable bonds is 13. The molecule has 0 aromatic rings. The minimum Gasteiger partial charge on any atom is -0.380 e. The van der Waals surface area contributed by atoms with Crippen molar-refractivity contribution in [2.24, 2.45) is 5.73 Å². The molecule has 4 heteroatoms. The molecule has 0 aromatic heterocycles. The molecule has 0 aliphatic rings. The third kappa shape index (κ3) is 6.70. The quantitative estimate of drug-likeness (QED) is 0.523. The molecule has 0 amide bonds. The van der Waals surface area contributed by atoms with Gasteiger partial charge in [0, 0.05) is 38.4 Å². The summed E-state index contributed by atoms with van der Waals surface area (Å²) in [6.45, 7) is 14.2. The van der Waals surface area contributed by atoms with E-state index in [4.69, 9.17) is 15.2 Å². The summed E-state index contributed by atoms with van der Waals surface area (Å²) in [7, 11) is 0. The SMILES string of the molecule is CCCC(CC)(CN)N(CCOCC)CCOCC. The van der Waals surface area contributed by atoms with Crippen LogP contribution >= 0.6 is 0 Å². The second-order valence-corrected chi connectivity index (χ2v) is 4.91. The van der Waals surface area contributed by atoms with E-state index in [1.54, 1.807) is 0 Å². The summed E-state index contributed by atoms with van der Waals surface area (Å²) in [5.41, 5.74) is 6.19. The molecule has 19 heavy (non-hydrogen) atoms. The zero-order chi connectivity index (χ0) is 14.6. The summed E-state index contributed by atoms with van der Waals surface area (Å²) in [4.78, 5) is 2.47. The molecule has 0 aromatic carbocycles. The van der Waals surface area contributed by atoms with Crippen LogP contribution < -0.4 is 5.73 Å². The van der Waals surface area contributed by atoms with Gasteiger partial charge in [-0.3, -0.25) is 4.90 Å². The van der Waals surface area contributed by atoms with Gasteiger partial charge in [0.15, 0.2) is 0 Å². The van der Waals surface area contributed by atoms with Crippen molar-refractivity contribution in [1.82, 2.24) is 4.90 Å². The molecule has 2 N–H and O–H groups in total. The standard InChI is InChI=1S/C15H34N2O2/c1-5-9-15(6-2,14-16)17(10-12-18-7-3)11-13-19-8-4/h5-14,16H2,1-4H3. The average Bonchev–Trinajstić information content (AvgIpc) is 2.44. The van der Waals surface area contributed by atoms with Gasteiger partial charge in [0.05, 0.1) is 13.2 Å². The molecule has 1 unspecified atom stereocenters. The van der Waals surface area contributed by atoms with Gasteiger partial charge in [-0.05, 0) is 26.7 Å². The van der Waals surface area contributed by atoms with Gasteiger partial charge < -0.3 is 15.2 Å². The molecule has 0 bridgehead atoms. The molecule has 1 atom stereocenters. The van der Waals surface area contributed by atoms with Crippen LogP contribution in [0.15, 0.2) is 0 Å². The average molecular weight is 274 g/mol. The van der Waals surface area contributed by atoms with Gasteiger partial charge >= 0.3 is 0 Å². The second-order valence-electron chi connectivity index (χ2n) is 4.91. The lowest BCUT2D eigenvalue weighted by molar-refractivity contribution is 0.0158. The van der Waals surface area contributed by atoms with Crippen LogP contribution in [0.25, 0.3) is 0 Å². The molecule has 0 rings (SSSR count). The number of hydrogen-bond donors (Lipinski definition) is 1. The van der Waals surface area contributed by atoms with Gasteiger partial charge in [0.1, 0.15) is 0 Å². The van der Waals surface area contributed by atoms with Gasteiger partial charge in [0.2, 0.25) is 0 Å². The Kier molecular flexibility index (Phi) is 11.6. The lowest BCUT2D eigenvalue weighted by Crippen LogP contribution is -2.55. The maximum absolute atomic E-state index is 6.09. The van der Waals surface area contributed by atoms with Crippen LogP contribution in [0.4, 0.5) is 0 Å². The fourth-order valence-electron chi connectivity index (χ4n) is 2.62. The molecule has 0 aliphatic heterocycles. The fraction of sp³-hybridized carbons (Fsp3) is 1.00. The Hall–Kier alpha value is -0.160. The van der Waals surface area contributed by atoms with Crippen molar-refractivity contribution in [3.63, 3.8) is 0 Å². The summed E-state index contributed by atoms with van der Waals surface area (Å²) in [5, 5.41) is 0. The Labute approximate surface area is 119 Å². The van der Waals surface area contributed by atoms with Crippen molar-refractivity contribution < 1.29 is 9.47 Å². The Morgan fingerprint density at radius 1 is 0.947 bits per heavy atom. The van der Waals surface area contributed by atoms with E-state index >= 15 is 0 Å². The van der Waals surface area contributed by atoms with Crippen molar-refractivity contribution >= 4 is 0 Å². The molecule has 0 fully saturated rings. The van der Waals surface area contributed by atoms with Crippen molar-refractivity contribution in [3.05, 3.63) is 0 Å². The van der Waals surface area contributed by atoms with Gasteiger partial charge in [0.25, 0.3) is 0 Å². The maximum atomic E-state index is 6.09. The van der Waals surface area contributed by atoms with Crippen molar-refractivity contribution in [2.45, 2.75) is 52.5 Å². The molecule has 0 saturated carbocycles. The molecule has 0 aliphatic carbocycles. The van der Waals surface area contributed by atoms with E-state index in [0.717, 1.165) is 58.8 Å². The summed E-state index contributed by atoms with van der Waals surface area (Å²) >= 11 is 0. The highest BCUT2D eigenvalue weighted by Gasteiger charge is 2.32. The zero-order valence-electron chi connectivity index (χ0n) is 13.4. The third-order valence-electron chi connectivity index (χ3n) is 3.84. The minimum absolute atomic E-state index is 0.100. The molecule has 0 radical (unpaired) electrons. The van der Waals surface area contributed by atoms with Gasteiger partial charge in [-0.2, -0.15) is 0 Å². The number of nitrogens with zero attached hydrogens (tertiary/aromatic N) is 1. The highest BCUT2D eigenvalue weighted by molar-refractivity contribution is 4.90. The first-order valence-electron chi connectivity index (χ1n) is 7.81. The first-order valence-corrected chi connectivity index (χ1v) is 7.81. The maximum Gasteiger partial charge on any atom is 0.0593 e. The van der Waals surface area contributed by atoms with Crippen LogP contribution in [0.1, 0.15) is 47.0 Å². The third-order valence-corrected chi connectivity index (χ3v) is 3.84. The fourth-order valence-corrected chi connectivity index (χ4v) is 2.62. The number of nitrogens with two attached hydrogens (primary N) is 1. The predicted octanol–water partition coefficient (Wildman–Crippen LogP) is 2.27. The summed E-state index contributed by atoms with van der Waals surface area (Å²) < 4.78 is 11.0. The highest BCUT2D eigenvalue weighted by atomic mass is 16.5. The smallest absolute Gasteiger partial charge is 0.0593 e. The zero-order valence-corrected chi connectivity index (χ0v) is 13.4. The van der Waals surface area contributed by atoms with Gasteiger partial charge in [-0.1, -0.05) is 20.3 Å². The van der Waals surface area contributed by atoms with Crippen LogP contribution in [0, 0.1) is 0 Å². The Morgan fingerprint density at radius 2 is 1.47 bits per heavy atom. The van der Waals surface area contributed by atoms with E-state index in [1.807, 2.05) is 13.8 Å². The van der Waals surface area contributed by atoms with Gasteiger partial charge in [-0.15, -0.1) is 0 Å². The lowest BCUT2D eigenvalue weighted by atomic mass is 9.88. The van der Waals surface area contributed by atoms with Gasteiger partial charge in [-0.25, -0.2) is 0 Å². The van der Waals surface area contributed by atoms with Crippen LogP contribution in [-0.2, 0) is 9.47 Å². The number of ether oxygens (including phenoxy) is 2. The summed E-state index contributed by atoms with van der Waals surface area (Å²) in [5.74, 6) is 0. The van der Waals surface area contributed by atoms with E-state index in [0.29, 0.717) is 6.54 Å². The van der Waals surface area contributed by atoms with E-state index in [-0.39, 0.29) is 5.54 Å². The van der Waals surface area contributed by atoms with Crippen molar-refractivity contribution in [3.8, 4) is 0 Å². The lowest BCUT2D eigenvalue weighted by Gasteiger charge is -2.43. The van der Waals surface area contributed by atoms with Crippen LogP contribution in [0.3, 0.4) is 0 Å². The summed E-state index contributed by atoms with van der Waals surface area (Å²) in [6.07, 6.45) is 3.37. The predicted molar refractivity (Wildman–Crippen MR) is 81.5 cm³/mol. The molecule has 0 heterocycles. The van der Waals surface area contributed by atoms with E-state index in [1.165, 1.54) is 0 Å². The number of hydrogen-bond acceptors (Lipinski definition) is 4. The van der Waals surface area contributed by atoms with Crippen LogP contribution in [0.5, 0.6) is 0 Å². The van der Waals surface area contributed by atoms with Crippen LogP contribution in [-0.4, -0.2) is 56.5 Å². The van der Waals surface area contributed by atoms with Crippen LogP contribution in [0.2, 0.25) is 0 Å². The first-order chi connectivity index (χ1) is 9.20. The molecular weight excluding hydrogens is 240 g/mol. The minimum atomic E-state index is 0.100. The summed E-state index contributed by atoms with van der Waals surface area (Å²) in [6, 6.07) is 0.